The first-order valence-electron chi connectivity index (χ1n) is 5.74. The lowest BCUT2D eigenvalue weighted by atomic mass is 10.0. The summed E-state index contributed by atoms with van der Waals surface area (Å²) < 4.78 is 0. The second-order valence-electron chi connectivity index (χ2n) is 4.47. The molecule has 0 heterocycles. The van der Waals surface area contributed by atoms with Gasteiger partial charge in [-0.25, -0.2) is 0 Å². The van der Waals surface area contributed by atoms with Gasteiger partial charge in [0.2, 0.25) is 0 Å². The van der Waals surface area contributed by atoms with Gasteiger partial charge in [0, 0.05) is 0 Å². The second-order valence-corrected chi connectivity index (χ2v) is 4.47. The van der Waals surface area contributed by atoms with Crippen molar-refractivity contribution in [2.75, 3.05) is 13.6 Å². The van der Waals surface area contributed by atoms with Crippen molar-refractivity contribution in [3.05, 3.63) is 0 Å². The van der Waals surface area contributed by atoms with Crippen molar-refractivity contribution in [2.24, 2.45) is 5.92 Å². The molecule has 0 fully saturated rings. The van der Waals surface area contributed by atoms with E-state index in [4.69, 9.17) is 10.2 Å². The molecule has 0 aliphatic rings. The van der Waals surface area contributed by atoms with Gasteiger partial charge in [-0.15, -0.1) is 0 Å². The normalized spacial score (nSPS) is 14.6. The van der Waals surface area contributed by atoms with Crippen LogP contribution >= 0.6 is 0 Å². The average molecular weight is 246 g/mol. The summed E-state index contributed by atoms with van der Waals surface area (Å²) in [6.07, 6.45) is 0.770. The van der Waals surface area contributed by atoms with Crippen LogP contribution in [0.5, 0.6) is 0 Å². The van der Waals surface area contributed by atoms with Gasteiger partial charge in [0.15, 0.2) is 0 Å². The predicted molar refractivity (Wildman–Crippen MR) is 64.0 cm³/mol. The van der Waals surface area contributed by atoms with Gasteiger partial charge in [-0.2, -0.15) is 0 Å². The highest BCUT2D eigenvalue weighted by Crippen LogP contribution is 2.07. The molecule has 0 rings (SSSR count). The molecule has 2 unspecified atom stereocenters. The second kappa shape index (κ2) is 8.03. The zero-order chi connectivity index (χ0) is 13.4. The van der Waals surface area contributed by atoms with E-state index in [1.807, 2.05) is 13.8 Å². The van der Waals surface area contributed by atoms with E-state index in [1.54, 1.807) is 7.05 Å². The number of carbonyl (C=O) groups is 2. The Morgan fingerprint density at radius 1 is 1.12 bits per heavy atom. The van der Waals surface area contributed by atoms with Crippen molar-refractivity contribution in [3.63, 3.8) is 0 Å². The van der Waals surface area contributed by atoms with Gasteiger partial charge in [-0.3, -0.25) is 14.9 Å². The number of carboxylic acids is 2. The molecular formula is C11H22N2O4. The SMILES string of the molecule is CNCCC(NC(CC(C)C)C(=O)O)C(=O)O. The van der Waals surface area contributed by atoms with Gasteiger partial charge >= 0.3 is 11.9 Å². The van der Waals surface area contributed by atoms with Crippen LogP contribution in [0.3, 0.4) is 0 Å². The molecule has 0 bridgehead atoms. The van der Waals surface area contributed by atoms with Crippen LogP contribution in [-0.2, 0) is 9.59 Å². The number of carboxylic acid groups (broad SMARTS) is 2. The monoisotopic (exact) mass is 246 g/mol. The molecule has 0 saturated heterocycles. The summed E-state index contributed by atoms with van der Waals surface area (Å²) in [5.74, 6) is -1.83. The van der Waals surface area contributed by atoms with Crippen molar-refractivity contribution in [1.29, 1.82) is 0 Å². The lowest BCUT2D eigenvalue weighted by Gasteiger charge is -2.21. The highest BCUT2D eigenvalue weighted by molar-refractivity contribution is 5.77. The van der Waals surface area contributed by atoms with Crippen molar-refractivity contribution in [1.82, 2.24) is 10.6 Å². The van der Waals surface area contributed by atoms with Gasteiger partial charge in [0.1, 0.15) is 12.1 Å². The van der Waals surface area contributed by atoms with E-state index >= 15 is 0 Å². The molecule has 17 heavy (non-hydrogen) atoms. The Hall–Kier alpha value is -1.14. The zero-order valence-electron chi connectivity index (χ0n) is 10.6. The minimum Gasteiger partial charge on any atom is -0.480 e. The summed E-state index contributed by atoms with van der Waals surface area (Å²) >= 11 is 0. The third-order valence-electron chi connectivity index (χ3n) is 2.39. The van der Waals surface area contributed by atoms with E-state index in [2.05, 4.69) is 10.6 Å². The van der Waals surface area contributed by atoms with Crippen molar-refractivity contribution in [2.45, 2.75) is 38.8 Å². The largest absolute Gasteiger partial charge is 0.480 e. The number of rotatable bonds is 9. The molecule has 0 aromatic rings. The Bertz CT molecular complexity index is 256. The summed E-state index contributed by atoms with van der Waals surface area (Å²) in [7, 11) is 1.72. The third-order valence-corrected chi connectivity index (χ3v) is 2.39. The van der Waals surface area contributed by atoms with Crippen LogP contribution < -0.4 is 10.6 Å². The number of hydrogen-bond acceptors (Lipinski definition) is 4. The Morgan fingerprint density at radius 3 is 2.00 bits per heavy atom. The Balaban J connectivity index is 4.45. The molecule has 0 aliphatic heterocycles. The molecular weight excluding hydrogens is 224 g/mol. The summed E-state index contributed by atoms with van der Waals surface area (Å²) in [5.41, 5.74) is 0. The van der Waals surface area contributed by atoms with E-state index in [-0.39, 0.29) is 5.92 Å². The van der Waals surface area contributed by atoms with Gasteiger partial charge in [0.05, 0.1) is 0 Å². The summed E-state index contributed by atoms with van der Waals surface area (Å²) in [6, 6.07) is -1.64. The van der Waals surface area contributed by atoms with Gasteiger partial charge in [0.25, 0.3) is 0 Å². The molecule has 0 radical (unpaired) electrons. The maximum absolute atomic E-state index is 11.0. The molecule has 6 heteroatoms. The zero-order valence-corrected chi connectivity index (χ0v) is 10.6. The Morgan fingerprint density at radius 2 is 1.65 bits per heavy atom. The number of aliphatic carboxylic acids is 2. The Kier molecular flexibility index (Phi) is 7.49. The van der Waals surface area contributed by atoms with Gasteiger partial charge < -0.3 is 15.5 Å². The topological polar surface area (TPSA) is 98.7 Å². The molecule has 0 aliphatic carbocycles. The standard InChI is InChI=1S/C11H22N2O4/c1-7(2)6-9(11(16)17)13-8(10(14)15)4-5-12-3/h7-9,12-13H,4-6H2,1-3H3,(H,14,15)(H,16,17). The summed E-state index contributed by atoms with van der Waals surface area (Å²) in [4.78, 5) is 22.0. The predicted octanol–water partition coefficient (Wildman–Crippen LogP) is 0.138. The lowest BCUT2D eigenvalue weighted by molar-refractivity contribution is -0.143. The van der Waals surface area contributed by atoms with E-state index in [0.29, 0.717) is 19.4 Å². The lowest BCUT2D eigenvalue weighted by Crippen LogP contribution is -2.48. The minimum absolute atomic E-state index is 0.197. The first-order chi connectivity index (χ1) is 7.88. The van der Waals surface area contributed by atoms with E-state index in [9.17, 15) is 9.59 Å². The van der Waals surface area contributed by atoms with Crippen LogP contribution in [0, 0.1) is 5.92 Å². The first kappa shape index (κ1) is 15.9. The van der Waals surface area contributed by atoms with E-state index < -0.39 is 24.0 Å². The molecule has 2 atom stereocenters. The smallest absolute Gasteiger partial charge is 0.320 e. The molecule has 4 N–H and O–H groups in total. The van der Waals surface area contributed by atoms with Crippen molar-refractivity contribution < 1.29 is 19.8 Å². The van der Waals surface area contributed by atoms with Gasteiger partial charge in [-0.05, 0) is 32.4 Å². The first-order valence-corrected chi connectivity index (χ1v) is 5.74. The maximum atomic E-state index is 11.0. The maximum Gasteiger partial charge on any atom is 0.320 e. The average Bonchev–Trinajstić information content (AvgIpc) is 2.21. The van der Waals surface area contributed by atoms with Gasteiger partial charge in [-0.1, -0.05) is 13.8 Å². The van der Waals surface area contributed by atoms with E-state index in [1.165, 1.54) is 0 Å². The van der Waals surface area contributed by atoms with Crippen molar-refractivity contribution in [3.8, 4) is 0 Å². The molecule has 0 spiro atoms. The Labute approximate surface area is 101 Å². The summed E-state index contributed by atoms with van der Waals surface area (Å²) in [5, 5.41) is 23.5. The molecule has 6 nitrogen and oxygen atoms in total. The molecule has 0 aromatic carbocycles. The molecule has 100 valence electrons. The van der Waals surface area contributed by atoms with Crippen LogP contribution in [0.25, 0.3) is 0 Å². The fourth-order valence-corrected chi connectivity index (χ4v) is 1.52. The molecule has 0 saturated carbocycles. The fourth-order valence-electron chi connectivity index (χ4n) is 1.52. The van der Waals surface area contributed by atoms with Crippen LogP contribution in [0.2, 0.25) is 0 Å². The van der Waals surface area contributed by atoms with Crippen LogP contribution in [0.15, 0.2) is 0 Å². The number of hydrogen-bond donors (Lipinski definition) is 4. The fraction of sp³-hybridized carbons (Fsp3) is 0.818. The third kappa shape index (κ3) is 6.91. The molecule has 0 aromatic heterocycles. The van der Waals surface area contributed by atoms with Crippen LogP contribution in [0.1, 0.15) is 26.7 Å². The van der Waals surface area contributed by atoms with E-state index in [0.717, 1.165) is 0 Å². The van der Waals surface area contributed by atoms with Crippen molar-refractivity contribution >= 4 is 11.9 Å². The minimum atomic E-state index is -1.02. The number of nitrogens with one attached hydrogen (secondary N) is 2. The summed E-state index contributed by atoms with van der Waals surface area (Å²) in [6.45, 7) is 4.33. The highest BCUT2D eigenvalue weighted by atomic mass is 16.4. The highest BCUT2D eigenvalue weighted by Gasteiger charge is 2.25. The quantitative estimate of drug-likeness (QED) is 0.462. The van der Waals surface area contributed by atoms with Crippen LogP contribution in [-0.4, -0.2) is 47.8 Å². The van der Waals surface area contributed by atoms with Crippen LogP contribution in [0.4, 0.5) is 0 Å². The molecule has 0 amide bonds.